The third-order valence-electron chi connectivity index (χ3n) is 4.44. The van der Waals surface area contributed by atoms with Crippen molar-refractivity contribution in [2.75, 3.05) is 0 Å². The fourth-order valence-corrected chi connectivity index (χ4v) is 2.90. The van der Waals surface area contributed by atoms with Gasteiger partial charge < -0.3 is 10.1 Å². The second-order valence-corrected chi connectivity index (χ2v) is 7.15. The van der Waals surface area contributed by atoms with E-state index in [1.807, 2.05) is 26.8 Å². The van der Waals surface area contributed by atoms with Gasteiger partial charge >= 0.3 is 5.97 Å². The molecule has 0 saturated heterocycles. The van der Waals surface area contributed by atoms with Gasteiger partial charge in [0.25, 0.3) is 0 Å². The summed E-state index contributed by atoms with van der Waals surface area (Å²) in [6.07, 6.45) is 0. The van der Waals surface area contributed by atoms with Gasteiger partial charge in [-0.25, -0.2) is 18.6 Å². The maximum absolute atomic E-state index is 14.1. The van der Waals surface area contributed by atoms with E-state index in [0.29, 0.717) is 11.4 Å². The third-order valence-corrected chi connectivity index (χ3v) is 4.44. The van der Waals surface area contributed by atoms with Crippen LogP contribution in [0.15, 0.2) is 30.3 Å². The molecule has 0 aliphatic carbocycles. The monoisotopic (exact) mass is 577 g/mol. The number of rotatable bonds is 4. The SMILES string of the molecule is Cc1cc(C(=O)O)nc(C(C)(C)c2cc(C)cc(-c3[c-]cc(F)nc3F)n2)c1.[Pt]. The number of carboxylic acids is 1. The van der Waals surface area contributed by atoms with E-state index in [1.54, 1.807) is 19.1 Å². The van der Waals surface area contributed by atoms with Crippen molar-refractivity contribution in [2.24, 2.45) is 0 Å². The summed E-state index contributed by atoms with van der Waals surface area (Å²) in [5.41, 5.74) is 2.05. The van der Waals surface area contributed by atoms with Gasteiger partial charge in [0.1, 0.15) is 17.6 Å². The second-order valence-electron chi connectivity index (χ2n) is 7.15. The molecule has 8 heteroatoms. The fraction of sp³-hybridized carbons (Fsp3) is 0.238. The third kappa shape index (κ3) is 4.73. The molecule has 154 valence electrons. The van der Waals surface area contributed by atoms with Crippen molar-refractivity contribution in [3.05, 3.63) is 76.5 Å². The van der Waals surface area contributed by atoms with Crippen molar-refractivity contribution < 1.29 is 39.7 Å². The number of hydrogen-bond acceptors (Lipinski definition) is 4. The minimum Gasteiger partial charge on any atom is -0.477 e. The molecule has 0 aromatic carbocycles. The van der Waals surface area contributed by atoms with E-state index >= 15 is 0 Å². The number of nitrogens with zero attached hydrogens (tertiary/aromatic N) is 3. The first-order valence-electron chi connectivity index (χ1n) is 8.53. The average Bonchev–Trinajstić information content (AvgIpc) is 2.60. The number of halogens is 2. The van der Waals surface area contributed by atoms with E-state index in [0.717, 1.165) is 17.2 Å². The van der Waals surface area contributed by atoms with Crippen molar-refractivity contribution in [2.45, 2.75) is 33.1 Å². The largest absolute Gasteiger partial charge is 0.477 e. The van der Waals surface area contributed by atoms with Gasteiger partial charge in [0.15, 0.2) is 0 Å². The van der Waals surface area contributed by atoms with Crippen LogP contribution in [0.25, 0.3) is 11.3 Å². The predicted octanol–water partition coefficient (Wildman–Crippen LogP) is 4.26. The van der Waals surface area contributed by atoms with Crippen molar-refractivity contribution in [1.82, 2.24) is 15.0 Å². The van der Waals surface area contributed by atoms with E-state index in [1.165, 1.54) is 6.07 Å². The first-order chi connectivity index (χ1) is 13.1. The Balaban J connectivity index is 0.00000300. The molecule has 0 aliphatic rings. The van der Waals surface area contributed by atoms with E-state index in [4.69, 9.17) is 0 Å². The molecule has 0 spiro atoms. The van der Waals surface area contributed by atoms with Crippen molar-refractivity contribution in [1.29, 1.82) is 0 Å². The number of aromatic carboxylic acids is 1. The first kappa shape index (κ1) is 22.8. The summed E-state index contributed by atoms with van der Waals surface area (Å²) < 4.78 is 27.2. The molecule has 0 atom stereocenters. The van der Waals surface area contributed by atoms with Gasteiger partial charge in [0.05, 0.1) is 5.69 Å². The summed E-state index contributed by atoms with van der Waals surface area (Å²) in [5.74, 6) is -3.07. The molecule has 3 heterocycles. The zero-order chi connectivity index (χ0) is 20.6. The molecule has 0 bridgehead atoms. The Hall–Kier alpha value is -2.53. The molecule has 3 aromatic rings. The van der Waals surface area contributed by atoms with Gasteiger partial charge in [-0.1, -0.05) is 23.3 Å². The Morgan fingerprint density at radius 2 is 1.59 bits per heavy atom. The van der Waals surface area contributed by atoms with Crippen molar-refractivity contribution in [3.8, 4) is 11.3 Å². The molecular formula is C21H18F2N3O2Pt-. The van der Waals surface area contributed by atoms with Crippen LogP contribution < -0.4 is 0 Å². The van der Waals surface area contributed by atoms with Crippen LogP contribution in [-0.4, -0.2) is 26.0 Å². The van der Waals surface area contributed by atoms with Gasteiger partial charge in [0, 0.05) is 32.2 Å². The van der Waals surface area contributed by atoms with Crippen LogP contribution in [0.4, 0.5) is 8.78 Å². The number of aromatic nitrogens is 3. The minimum absolute atomic E-state index is 0. The van der Waals surface area contributed by atoms with Crippen molar-refractivity contribution >= 4 is 5.97 Å². The van der Waals surface area contributed by atoms with E-state index in [9.17, 15) is 18.7 Å². The zero-order valence-electron chi connectivity index (χ0n) is 16.2. The van der Waals surface area contributed by atoms with Crippen molar-refractivity contribution in [3.63, 3.8) is 0 Å². The van der Waals surface area contributed by atoms with Crippen LogP contribution in [0.2, 0.25) is 0 Å². The molecule has 0 fully saturated rings. The molecule has 3 aromatic heterocycles. The summed E-state index contributed by atoms with van der Waals surface area (Å²) in [7, 11) is 0. The molecule has 1 N–H and O–H groups in total. The van der Waals surface area contributed by atoms with Crippen LogP contribution in [-0.2, 0) is 26.5 Å². The summed E-state index contributed by atoms with van der Waals surface area (Å²) >= 11 is 0. The second kappa shape index (κ2) is 8.45. The Morgan fingerprint density at radius 1 is 1.00 bits per heavy atom. The van der Waals surface area contributed by atoms with Crippen LogP contribution in [0.3, 0.4) is 0 Å². The zero-order valence-corrected chi connectivity index (χ0v) is 18.4. The fourth-order valence-electron chi connectivity index (χ4n) is 2.90. The van der Waals surface area contributed by atoms with Gasteiger partial charge in [-0.05, 0) is 57.2 Å². The standard InChI is InChI=1S/C21H18F2N3O2.Pt/c1-11-7-14(13-5-6-18(22)26-19(13)23)24-16(9-11)21(3,4)17-10-12(2)8-15(25-17)20(27)28;/h6-10H,1-4H3,(H,27,28);/q-1;. The smallest absolute Gasteiger partial charge is 0.354 e. The van der Waals surface area contributed by atoms with E-state index in [2.05, 4.69) is 21.0 Å². The molecule has 0 unspecified atom stereocenters. The normalized spacial score (nSPS) is 11.1. The van der Waals surface area contributed by atoms with Gasteiger partial charge in [0.2, 0.25) is 0 Å². The van der Waals surface area contributed by atoms with Crippen LogP contribution in [0.1, 0.15) is 46.9 Å². The molecule has 3 rings (SSSR count). The maximum Gasteiger partial charge on any atom is 0.354 e. The topological polar surface area (TPSA) is 76.0 Å². The van der Waals surface area contributed by atoms with E-state index < -0.39 is 23.3 Å². The Morgan fingerprint density at radius 3 is 2.17 bits per heavy atom. The number of carbonyl (C=O) groups is 1. The number of pyridine rings is 3. The van der Waals surface area contributed by atoms with Crippen LogP contribution >= 0.6 is 0 Å². The summed E-state index contributed by atoms with van der Waals surface area (Å²) in [4.78, 5) is 23.3. The Labute approximate surface area is 181 Å². The average molecular weight is 577 g/mol. The molecule has 0 saturated carbocycles. The van der Waals surface area contributed by atoms with E-state index in [-0.39, 0.29) is 38.0 Å². The number of carboxylic acid groups (broad SMARTS) is 1. The number of hydrogen-bond donors (Lipinski definition) is 1. The molecule has 5 nitrogen and oxygen atoms in total. The summed E-state index contributed by atoms with van der Waals surface area (Å²) in [5, 5.41) is 9.30. The molecule has 0 radical (unpaired) electrons. The number of aryl methyl sites for hydroxylation is 2. The molecule has 0 aliphatic heterocycles. The molecule has 0 amide bonds. The molecule has 29 heavy (non-hydrogen) atoms. The predicted molar refractivity (Wildman–Crippen MR) is 99.0 cm³/mol. The summed E-state index contributed by atoms with van der Waals surface area (Å²) in [6, 6.07) is 10.2. The van der Waals surface area contributed by atoms with Gasteiger partial charge in [-0.3, -0.25) is 4.98 Å². The van der Waals surface area contributed by atoms with Crippen LogP contribution in [0, 0.1) is 31.8 Å². The Kier molecular flexibility index (Phi) is 6.63. The summed E-state index contributed by atoms with van der Waals surface area (Å²) in [6.45, 7) is 7.33. The first-order valence-corrected chi connectivity index (χ1v) is 8.53. The quantitative estimate of drug-likeness (QED) is 0.371. The molecular weight excluding hydrogens is 559 g/mol. The minimum atomic E-state index is -1.12. The van der Waals surface area contributed by atoms with Gasteiger partial charge in [-0.2, -0.15) is 0 Å². The maximum atomic E-state index is 14.1. The van der Waals surface area contributed by atoms with Gasteiger partial charge in [-0.15, -0.1) is 6.07 Å². The Bertz CT molecular complexity index is 1090. The van der Waals surface area contributed by atoms with Crippen LogP contribution in [0.5, 0.6) is 0 Å².